The number of hydrogen-bond donors (Lipinski definition) is 0. The van der Waals surface area contributed by atoms with Crippen molar-refractivity contribution in [3.8, 4) is 5.75 Å². The van der Waals surface area contributed by atoms with Crippen molar-refractivity contribution >= 4 is 15.8 Å². The molecule has 0 radical (unpaired) electrons. The highest BCUT2D eigenvalue weighted by Crippen LogP contribution is 2.27. The summed E-state index contributed by atoms with van der Waals surface area (Å²) in [5.41, 5.74) is 0.424. The highest BCUT2D eigenvalue weighted by atomic mass is 32.2. The lowest BCUT2D eigenvalue weighted by molar-refractivity contribution is 0.0585. The molecule has 0 unspecified atom stereocenters. The highest BCUT2D eigenvalue weighted by Gasteiger charge is 2.33. The fourth-order valence-electron chi connectivity index (χ4n) is 4.44. The number of benzene rings is 1. The Balaban J connectivity index is 1.30. The second kappa shape index (κ2) is 9.46. The van der Waals surface area contributed by atoms with E-state index in [1.165, 1.54) is 13.0 Å². The van der Waals surface area contributed by atoms with Crippen LogP contribution in [0.3, 0.4) is 0 Å². The number of carbonyl (C=O) groups excluding carboxylic acids is 1. The van der Waals surface area contributed by atoms with E-state index >= 15 is 0 Å². The van der Waals surface area contributed by atoms with Crippen LogP contribution in [0.2, 0.25) is 0 Å². The molecule has 166 valence electrons. The Morgan fingerprint density at radius 2 is 1.68 bits per heavy atom. The lowest BCUT2D eigenvalue weighted by Gasteiger charge is -2.41. The van der Waals surface area contributed by atoms with Gasteiger partial charge in [-0.15, -0.1) is 0 Å². The summed E-state index contributed by atoms with van der Waals surface area (Å²) in [6, 6.07) is 10.5. The van der Waals surface area contributed by atoms with Gasteiger partial charge in [0.2, 0.25) is 10.0 Å². The molecule has 2 aliphatic rings. The van der Waals surface area contributed by atoms with Gasteiger partial charge in [-0.2, -0.15) is 4.31 Å². The fraction of sp³-hybridized carbons (Fsp3) is 0.478. The maximum Gasteiger partial charge on any atom is 0.243 e. The standard InChI is InChI=1S/C23H29N3O4S/c1-18(27)19-3-2-4-23(17-19)31(28,29)26-15-7-20(8-16-26)25-13-9-22(10-14-25)30-21-5-11-24-12-6-21/h2-6,11-12,17,20,22H,7-10,13-16H2,1H3. The summed E-state index contributed by atoms with van der Waals surface area (Å²) in [7, 11) is -3.58. The number of nitrogens with zero attached hydrogens (tertiary/aromatic N) is 3. The highest BCUT2D eigenvalue weighted by molar-refractivity contribution is 7.89. The van der Waals surface area contributed by atoms with Crippen LogP contribution in [-0.4, -0.2) is 66.7 Å². The Morgan fingerprint density at radius 1 is 1.00 bits per heavy atom. The summed E-state index contributed by atoms with van der Waals surface area (Å²) in [4.78, 5) is 18.3. The lowest BCUT2D eigenvalue weighted by Crippen LogP contribution is -2.50. The minimum atomic E-state index is -3.58. The first kappa shape index (κ1) is 21.9. The molecule has 0 atom stereocenters. The summed E-state index contributed by atoms with van der Waals surface area (Å²) in [6.45, 7) is 4.39. The molecule has 0 bridgehead atoms. The molecule has 31 heavy (non-hydrogen) atoms. The van der Waals surface area contributed by atoms with Gasteiger partial charge in [0.25, 0.3) is 0 Å². The number of aromatic nitrogens is 1. The molecule has 4 rings (SSSR count). The summed E-state index contributed by atoms with van der Waals surface area (Å²) in [5, 5.41) is 0. The van der Waals surface area contributed by atoms with E-state index in [1.54, 1.807) is 34.9 Å². The van der Waals surface area contributed by atoms with Crippen LogP contribution in [0, 0.1) is 0 Å². The number of Topliss-reactive ketones (excluding diaryl/α,β-unsaturated/α-hetero) is 1. The van der Waals surface area contributed by atoms with Crippen LogP contribution in [0.1, 0.15) is 43.0 Å². The second-order valence-corrected chi connectivity index (χ2v) is 10.2. The fourth-order valence-corrected chi connectivity index (χ4v) is 5.96. The molecule has 0 N–H and O–H groups in total. The van der Waals surface area contributed by atoms with Crippen molar-refractivity contribution in [3.05, 3.63) is 54.4 Å². The average molecular weight is 444 g/mol. The lowest BCUT2D eigenvalue weighted by atomic mass is 10.00. The van der Waals surface area contributed by atoms with Gasteiger partial charge in [-0.1, -0.05) is 12.1 Å². The zero-order chi connectivity index (χ0) is 21.8. The van der Waals surface area contributed by atoms with Crippen molar-refractivity contribution < 1.29 is 17.9 Å². The normalized spacial score (nSPS) is 19.9. The maximum absolute atomic E-state index is 13.0. The van der Waals surface area contributed by atoms with Gasteiger partial charge in [0.1, 0.15) is 11.9 Å². The van der Waals surface area contributed by atoms with Crippen LogP contribution < -0.4 is 4.74 Å². The first-order valence-corrected chi connectivity index (χ1v) is 12.3. The van der Waals surface area contributed by atoms with E-state index in [4.69, 9.17) is 4.74 Å². The first-order chi connectivity index (χ1) is 14.9. The number of carbonyl (C=O) groups is 1. The van der Waals surface area contributed by atoms with Gasteiger partial charge < -0.3 is 9.64 Å². The number of rotatable bonds is 6. The molecular formula is C23H29N3O4S. The molecule has 8 heteroatoms. The number of sulfonamides is 1. The third kappa shape index (κ3) is 5.14. The molecule has 7 nitrogen and oxygen atoms in total. The van der Waals surface area contributed by atoms with E-state index in [-0.39, 0.29) is 16.8 Å². The number of likely N-dealkylation sites (tertiary alicyclic amines) is 1. The summed E-state index contributed by atoms with van der Waals surface area (Å²) in [6.07, 6.45) is 7.28. The molecule has 0 aliphatic carbocycles. The molecule has 0 spiro atoms. The van der Waals surface area contributed by atoms with E-state index in [0.29, 0.717) is 24.7 Å². The van der Waals surface area contributed by atoms with Crippen LogP contribution >= 0.6 is 0 Å². The summed E-state index contributed by atoms with van der Waals surface area (Å²) < 4.78 is 33.7. The monoisotopic (exact) mass is 443 g/mol. The van der Waals surface area contributed by atoms with E-state index in [1.807, 2.05) is 12.1 Å². The van der Waals surface area contributed by atoms with Gasteiger partial charge >= 0.3 is 0 Å². The Bertz CT molecular complexity index is 996. The average Bonchev–Trinajstić information content (AvgIpc) is 2.80. The summed E-state index contributed by atoms with van der Waals surface area (Å²) in [5.74, 6) is 0.730. The third-order valence-corrected chi connectivity index (χ3v) is 8.14. The number of ketones is 1. The van der Waals surface area contributed by atoms with Crippen LogP contribution in [0.5, 0.6) is 5.75 Å². The molecule has 3 heterocycles. The second-order valence-electron chi connectivity index (χ2n) is 8.26. The van der Waals surface area contributed by atoms with Gasteiger partial charge in [-0.05, 0) is 56.9 Å². The number of pyridine rings is 1. The Hall–Kier alpha value is -2.29. The van der Waals surface area contributed by atoms with E-state index in [9.17, 15) is 13.2 Å². The van der Waals surface area contributed by atoms with Crippen molar-refractivity contribution in [2.24, 2.45) is 0 Å². The molecule has 1 aromatic heterocycles. The van der Waals surface area contributed by atoms with Gasteiger partial charge in [-0.3, -0.25) is 9.78 Å². The van der Waals surface area contributed by atoms with Crippen molar-refractivity contribution in [3.63, 3.8) is 0 Å². The minimum absolute atomic E-state index is 0.132. The Morgan fingerprint density at radius 3 is 2.32 bits per heavy atom. The molecular weight excluding hydrogens is 414 g/mol. The molecule has 2 saturated heterocycles. The minimum Gasteiger partial charge on any atom is -0.490 e. The molecule has 1 aromatic carbocycles. The Kier molecular flexibility index (Phi) is 6.69. The van der Waals surface area contributed by atoms with E-state index in [2.05, 4.69) is 9.88 Å². The third-order valence-electron chi connectivity index (χ3n) is 6.25. The molecule has 0 saturated carbocycles. The number of piperidine rings is 2. The number of hydrogen-bond acceptors (Lipinski definition) is 6. The van der Waals surface area contributed by atoms with Crippen LogP contribution in [-0.2, 0) is 10.0 Å². The predicted octanol–water partition coefficient (Wildman–Crippen LogP) is 2.98. The zero-order valence-electron chi connectivity index (χ0n) is 17.8. The first-order valence-electron chi connectivity index (χ1n) is 10.9. The van der Waals surface area contributed by atoms with E-state index in [0.717, 1.165) is 44.5 Å². The van der Waals surface area contributed by atoms with Crippen molar-refractivity contribution in [1.29, 1.82) is 0 Å². The largest absolute Gasteiger partial charge is 0.490 e. The topological polar surface area (TPSA) is 79.8 Å². The molecule has 2 aliphatic heterocycles. The molecule has 0 amide bonds. The van der Waals surface area contributed by atoms with Gasteiger partial charge in [0.05, 0.1) is 4.90 Å². The smallest absolute Gasteiger partial charge is 0.243 e. The molecule has 2 aromatic rings. The van der Waals surface area contributed by atoms with E-state index < -0.39 is 10.0 Å². The van der Waals surface area contributed by atoms with Crippen LogP contribution in [0.15, 0.2) is 53.7 Å². The quantitative estimate of drug-likeness (QED) is 0.639. The maximum atomic E-state index is 13.0. The van der Waals surface area contributed by atoms with Crippen molar-refractivity contribution in [2.45, 2.75) is 49.6 Å². The summed E-state index contributed by atoms with van der Waals surface area (Å²) >= 11 is 0. The Labute approximate surface area is 184 Å². The van der Waals surface area contributed by atoms with Crippen molar-refractivity contribution in [2.75, 3.05) is 26.2 Å². The van der Waals surface area contributed by atoms with Crippen LogP contribution in [0.25, 0.3) is 0 Å². The SMILES string of the molecule is CC(=O)c1cccc(S(=O)(=O)N2CCC(N3CCC(Oc4ccncc4)CC3)CC2)c1. The molecule has 2 fully saturated rings. The van der Waals surface area contributed by atoms with Crippen LogP contribution in [0.4, 0.5) is 0 Å². The van der Waals surface area contributed by atoms with Gasteiger partial charge in [-0.25, -0.2) is 8.42 Å². The van der Waals surface area contributed by atoms with Gasteiger partial charge in [0, 0.05) is 50.2 Å². The number of ether oxygens (including phenoxy) is 1. The van der Waals surface area contributed by atoms with Gasteiger partial charge in [0.15, 0.2) is 5.78 Å². The van der Waals surface area contributed by atoms with Crippen molar-refractivity contribution in [1.82, 2.24) is 14.2 Å². The predicted molar refractivity (Wildman–Crippen MR) is 118 cm³/mol. The zero-order valence-corrected chi connectivity index (χ0v) is 18.6.